The van der Waals surface area contributed by atoms with Crippen molar-refractivity contribution >= 4 is 5.69 Å². The standard InChI is InChI=1S/C12H10F2N2O/c13-8-3-7(4-9(14)5-8)12(17)10-6-16-2-1-11(10)15/h1-6,12,17H,(H2,15,16). The van der Waals surface area contributed by atoms with Gasteiger partial charge in [0.2, 0.25) is 0 Å². The van der Waals surface area contributed by atoms with Gasteiger partial charge in [0.1, 0.15) is 17.7 Å². The van der Waals surface area contributed by atoms with Crippen molar-refractivity contribution in [1.82, 2.24) is 4.98 Å². The third kappa shape index (κ3) is 2.39. The van der Waals surface area contributed by atoms with Crippen LogP contribution in [-0.4, -0.2) is 10.1 Å². The molecule has 0 spiro atoms. The Hall–Kier alpha value is -2.01. The predicted molar refractivity (Wildman–Crippen MR) is 59.1 cm³/mol. The number of aromatic nitrogens is 1. The van der Waals surface area contributed by atoms with Crippen molar-refractivity contribution < 1.29 is 13.9 Å². The van der Waals surface area contributed by atoms with Crippen LogP contribution >= 0.6 is 0 Å². The summed E-state index contributed by atoms with van der Waals surface area (Å²) in [6, 6.07) is 4.36. The first-order chi connectivity index (χ1) is 8.08. The zero-order chi connectivity index (χ0) is 12.4. The van der Waals surface area contributed by atoms with Crippen molar-refractivity contribution in [1.29, 1.82) is 0 Å². The van der Waals surface area contributed by atoms with Crippen molar-refractivity contribution in [3.8, 4) is 0 Å². The molecule has 0 aliphatic heterocycles. The lowest BCUT2D eigenvalue weighted by Crippen LogP contribution is -2.05. The lowest BCUT2D eigenvalue weighted by Gasteiger charge is -2.13. The molecule has 0 aliphatic rings. The number of rotatable bonds is 2. The number of halogens is 2. The van der Waals surface area contributed by atoms with E-state index in [9.17, 15) is 13.9 Å². The summed E-state index contributed by atoms with van der Waals surface area (Å²) >= 11 is 0. The molecule has 5 heteroatoms. The minimum Gasteiger partial charge on any atom is -0.398 e. The second kappa shape index (κ2) is 4.47. The van der Waals surface area contributed by atoms with E-state index in [2.05, 4.69) is 4.98 Å². The van der Waals surface area contributed by atoms with Gasteiger partial charge in [-0.05, 0) is 23.8 Å². The molecule has 0 amide bonds. The van der Waals surface area contributed by atoms with Gasteiger partial charge < -0.3 is 10.8 Å². The average Bonchev–Trinajstić information content (AvgIpc) is 2.27. The minimum absolute atomic E-state index is 0.0993. The number of nitrogens with two attached hydrogens (primary N) is 1. The molecule has 0 fully saturated rings. The first-order valence-electron chi connectivity index (χ1n) is 4.91. The monoisotopic (exact) mass is 236 g/mol. The molecule has 88 valence electrons. The van der Waals surface area contributed by atoms with Gasteiger partial charge in [0.05, 0.1) is 0 Å². The largest absolute Gasteiger partial charge is 0.398 e. The van der Waals surface area contributed by atoms with E-state index in [0.29, 0.717) is 11.3 Å². The molecule has 3 nitrogen and oxygen atoms in total. The molecular weight excluding hydrogens is 226 g/mol. The smallest absolute Gasteiger partial charge is 0.126 e. The predicted octanol–water partition coefficient (Wildman–Crippen LogP) is 2.02. The summed E-state index contributed by atoms with van der Waals surface area (Å²) in [5.74, 6) is -1.50. The zero-order valence-electron chi connectivity index (χ0n) is 8.77. The van der Waals surface area contributed by atoms with Crippen LogP contribution < -0.4 is 5.73 Å². The van der Waals surface area contributed by atoms with Crippen LogP contribution in [0.3, 0.4) is 0 Å². The minimum atomic E-state index is -1.20. The Balaban J connectivity index is 2.43. The molecule has 17 heavy (non-hydrogen) atoms. The fourth-order valence-electron chi connectivity index (χ4n) is 1.56. The van der Waals surface area contributed by atoms with E-state index >= 15 is 0 Å². The summed E-state index contributed by atoms with van der Waals surface area (Å²) in [4.78, 5) is 3.81. The summed E-state index contributed by atoms with van der Waals surface area (Å²) in [6.07, 6.45) is 1.63. The fourth-order valence-corrected chi connectivity index (χ4v) is 1.56. The Morgan fingerprint density at radius 1 is 1.18 bits per heavy atom. The Bertz CT molecular complexity index is 526. The van der Waals surface area contributed by atoms with E-state index in [-0.39, 0.29) is 5.56 Å². The Labute approximate surface area is 96.5 Å². The van der Waals surface area contributed by atoms with E-state index in [0.717, 1.165) is 18.2 Å². The number of nitrogens with zero attached hydrogens (tertiary/aromatic N) is 1. The molecular formula is C12H10F2N2O. The fraction of sp³-hybridized carbons (Fsp3) is 0.0833. The number of aliphatic hydroxyl groups is 1. The highest BCUT2D eigenvalue weighted by molar-refractivity contribution is 5.48. The van der Waals surface area contributed by atoms with Crippen molar-refractivity contribution in [3.63, 3.8) is 0 Å². The van der Waals surface area contributed by atoms with Crippen molar-refractivity contribution in [2.45, 2.75) is 6.10 Å². The van der Waals surface area contributed by atoms with Crippen LogP contribution in [0.2, 0.25) is 0 Å². The molecule has 2 rings (SSSR count). The van der Waals surface area contributed by atoms with Gasteiger partial charge in [-0.3, -0.25) is 4.98 Å². The SMILES string of the molecule is Nc1ccncc1C(O)c1cc(F)cc(F)c1. The molecule has 1 heterocycles. The van der Waals surface area contributed by atoms with Gasteiger partial charge in [-0.2, -0.15) is 0 Å². The highest BCUT2D eigenvalue weighted by Crippen LogP contribution is 2.26. The van der Waals surface area contributed by atoms with E-state index in [1.54, 1.807) is 0 Å². The number of benzene rings is 1. The Morgan fingerprint density at radius 3 is 2.41 bits per heavy atom. The molecule has 3 N–H and O–H groups in total. The van der Waals surface area contributed by atoms with Crippen LogP contribution in [0, 0.1) is 11.6 Å². The van der Waals surface area contributed by atoms with E-state index in [4.69, 9.17) is 5.73 Å². The van der Waals surface area contributed by atoms with Gasteiger partial charge in [0, 0.05) is 29.7 Å². The highest BCUT2D eigenvalue weighted by Gasteiger charge is 2.15. The summed E-state index contributed by atoms with van der Waals surface area (Å²) < 4.78 is 26.0. The second-order valence-electron chi connectivity index (χ2n) is 3.61. The molecule has 2 aromatic rings. The molecule has 1 unspecified atom stereocenters. The van der Waals surface area contributed by atoms with Gasteiger partial charge >= 0.3 is 0 Å². The van der Waals surface area contributed by atoms with Crippen molar-refractivity contribution in [2.24, 2.45) is 0 Å². The number of nitrogen functional groups attached to an aromatic ring is 1. The maximum atomic E-state index is 13.0. The van der Waals surface area contributed by atoms with Crippen molar-refractivity contribution in [2.75, 3.05) is 5.73 Å². The molecule has 0 radical (unpaired) electrons. The van der Waals surface area contributed by atoms with Gasteiger partial charge in [-0.15, -0.1) is 0 Å². The zero-order valence-corrected chi connectivity index (χ0v) is 8.77. The van der Waals surface area contributed by atoms with Gasteiger partial charge in [-0.25, -0.2) is 8.78 Å². The maximum Gasteiger partial charge on any atom is 0.126 e. The molecule has 0 bridgehead atoms. The molecule has 1 aromatic heterocycles. The van der Waals surface area contributed by atoms with E-state index < -0.39 is 17.7 Å². The maximum absolute atomic E-state index is 13.0. The van der Waals surface area contributed by atoms with Gasteiger partial charge in [0.15, 0.2) is 0 Å². The molecule has 0 aliphatic carbocycles. The number of hydrogen-bond donors (Lipinski definition) is 2. The third-order valence-corrected chi connectivity index (χ3v) is 2.38. The second-order valence-corrected chi connectivity index (χ2v) is 3.61. The highest BCUT2D eigenvalue weighted by atomic mass is 19.1. The lowest BCUT2D eigenvalue weighted by atomic mass is 10.0. The quantitative estimate of drug-likeness (QED) is 0.838. The van der Waals surface area contributed by atoms with Crippen LogP contribution in [0.4, 0.5) is 14.5 Å². The van der Waals surface area contributed by atoms with Crippen LogP contribution in [0.15, 0.2) is 36.7 Å². The lowest BCUT2D eigenvalue weighted by molar-refractivity contribution is 0.219. The molecule has 1 aromatic carbocycles. The number of anilines is 1. The normalized spacial score (nSPS) is 12.4. The summed E-state index contributed by atoms with van der Waals surface area (Å²) in [7, 11) is 0. The topological polar surface area (TPSA) is 59.1 Å². The van der Waals surface area contributed by atoms with Crippen LogP contribution in [0.25, 0.3) is 0 Å². The number of pyridine rings is 1. The first kappa shape index (κ1) is 11.5. The molecule has 0 saturated heterocycles. The summed E-state index contributed by atoms with van der Waals surface area (Å²) in [5.41, 5.74) is 6.38. The van der Waals surface area contributed by atoms with Crippen LogP contribution in [0.5, 0.6) is 0 Å². The van der Waals surface area contributed by atoms with E-state index in [1.807, 2.05) is 0 Å². The van der Waals surface area contributed by atoms with E-state index in [1.165, 1.54) is 18.5 Å². The van der Waals surface area contributed by atoms with Gasteiger partial charge in [0.25, 0.3) is 0 Å². The van der Waals surface area contributed by atoms with Gasteiger partial charge in [-0.1, -0.05) is 0 Å². The number of hydrogen-bond acceptors (Lipinski definition) is 3. The molecule has 0 saturated carbocycles. The summed E-state index contributed by atoms with van der Waals surface area (Å²) in [5, 5.41) is 9.97. The first-order valence-corrected chi connectivity index (χ1v) is 4.91. The van der Waals surface area contributed by atoms with Crippen molar-refractivity contribution in [3.05, 3.63) is 59.4 Å². The third-order valence-electron chi connectivity index (χ3n) is 2.38. The average molecular weight is 236 g/mol. The number of aliphatic hydroxyl groups excluding tert-OH is 1. The Kier molecular flexibility index (Phi) is 3.01. The Morgan fingerprint density at radius 2 is 1.82 bits per heavy atom. The van der Waals surface area contributed by atoms with Crippen LogP contribution in [0.1, 0.15) is 17.2 Å². The summed E-state index contributed by atoms with van der Waals surface area (Å²) in [6.45, 7) is 0. The molecule has 1 atom stereocenters. The van der Waals surface area contributed by atoms with Crippen LogP contribution in [-0.2, 0) is 0 Å².